The topological polar surface area (TPSA) is 26.3 Å². The van der Waals surface area contributed by atoms with E-state index in [-0.39, 0.29) is 5.97 Å². The van der Waals surface area contributed by atoms with Gasteiger partial charge in [-0.05, 0) is 86.3 Å². The SMILES string of the molecule is CCCCCc1ccc(C(=O)Oc2ccc(CCC3CC[CH]CC3)cc2)cc1. The van der Waals surface area contributed by atoms with E-state index in [1.807, 2.05) is 36.4 Å². The Hall–Kier alpha value is -2.09. The molecule has 0 N–H and O–H groups in total. The molecule has 28 heavy (non-hydrogen) atoms. The molecule has 2 nitrogen and oxygen atoms in total. The van der Waals surface area contributed by atoms with Gasteiger partial charge in [0.15, 0.2) is 0 Å². The van der Waals surface area contributed by atoms with E-state index in [2.05, 4.69) is 25.5 Å². The number of benzene rings is 2. The van der Waals surface area contributed by atoms with Crippen LogP contribution in [0.5, 0.6) is 5.75 Å². The van der Waals surface area contributed by atoms with Gasteiger partial charge in [-0.3, -0.25) is 0 Å². The Morgan fingerprint density at radius 1 is 0.893 bits per heavy atom. The van der Waals surface area contributed by atoms with E-state index in [1.54, 1.807) is 0 Å². The lowest BCUT2D eigenvalue weighted by atomic mass is 9.85. The van der Waals surface area contributed by atoms with Gasteiger partial charge in [-0.15, -0.1) is 0 Å². The number of hydrogen-bond acceptors (Lipinski definition) is 2. The molecule has 1 radical (unpaired) electrons. The van der Waals surface area contributed by atoms with Crippen LogP contribution in [0.1, 0.15) is 79.8 Å². The third-order valence-electron chi connectivity index (χ3n) is 5.79. The predicted octanol–water partition coefficient (Wildman–Crippen LogP) is 6.97. The van der Waals surface area contributed by atoms with Crippen molar-refractivity contribution < 1.29 is 9.53 Å². The molecule has 0 aliphatic heterocycles. The highest BCUT2D eigenvalue weighted by Crippen LogP contribution is 2.27. The Morgan fingerprint density at radius 2 is 1.54 bits per heavy atom. The lowest BCUT2D eigenvalue weighted by Crippen LogP contribution is -2.09. The highest BCUT2D eigenvalue weighted by Gasteiger charge is 2.13. The second-order valence-electron chi connectivity index (χ2n) is 8.04. The number of carbonyl (C=O) groups is 1. The number of esters is 1. The standard InChI is InChI=1S/C26H33O2/c1-2-3-5-8-22-13-17-24(18-14-22)26(27)28-25-19-15-23(16-20-25)12-11-21-9-6-4-7-10-21/h4,13-21H,2-3,5-12H2,1H3. The van der Waals surface area contributed by atoms with E-state index >= 15 is 0 Å². The van der Waals surface area contributed by atoms with Crippen molar-refractivity contribution in [2.45, 2.75) is 71.1 Å². The first-order valence-electron chi connectivity index (χ1n) is 11.0. The van der Waals surface area contributed by atoms with Crippen LogP contribution in [0.25, 0.3) is 0 Å². The van der Waals surface area contributed by atoms with E-state index in [0.717, 1.165) is 18.8 Å². The van der Waals surface area contributed by atoms with Crippen molar-refractivity contribution in [1.29, 1.82) is 0 Å². The van der Waals surface area contributed by atoms with Gasteiger partial charge in [-0.1, -0.05) is 56.9 Å². The number of aryl methyl sites for hydroxylation is 2. The van der Waals surface area contributed by atoms with Crippen molar-refractivity contribution in [3.8, 4) is 5.75 Å². The first-order valence-corrected chi connectivity index (χ1v) is 11.0. The van der Waals surface area contributed by atoms with E-state index in [1.165, 1.54) is 62.5 Å². The van der Waals surface area contributed by atoms with Gasteiger partial charge in [-0.2, -0.15) is 0 Å². The molecule has 0 amide bonds. The number of rotatable bonds is 9. The van der Waals surface area contributed by atoms with Crippen LogP contribution in [0.15, 0.2) is 48.5 Å². The summed E-state index contributed by atoms with van der Waals surface area (Å²) in [4.78, 5) is 12.4. The zero-order chi connectivity index (χ0) is 19.6. The lowest BCUT2D eigenvalue weighted by Gasteiger charge is -2.21. The van der Waals surface area contributed by atoms with Crippen molar-refractivity contribution >= 4 is 5.97 Å². The molecular formula is C26H33O2. The van der Waals surface area contributed by atoms with E-state index in [4.69, 9.17) is 4.74 Å². The van der Waals surface area contributed by atoms with Crippen LogP contribution in [0.2, 0.25) is 0 Å². The molecule has 0 aromatic heterocycles. The Balaban J connectivity index is 1.47. The minimum absolute atomic E-state index is 0.286. The van der Waals surface area contributed by atoms with Crippen LogP contribution < -0.4 is 4.74 Å². The summed E-state index contributed by atoms with van der Waals surface area (Å²) in [6.07, 6.45) is 14.8. The summed E-state index contributed by atoms with van der Waals surface area (Å²) in [6.45, 7) is 2.21. The molecule has 1 saturated carbocycles. The number of carbonyl (C=O) groups excluding carboxylic acids is 1. The second-order valence-corrected chi connectivity index (χ2v) is 8.04. The molecule has 0 bridgehead atoms. The summed E-state index contributed by atoms with van der Waals surface area (Å²) >= 11 is 0. The highest BCUT2D eigenvalue weighted by molar-refractivity contribution is 5.91. The molecule has 1 fully saturated rings. The molecule has 0 spiro atoms. The fraction of sp³-hybridized carbons (Fsp3) is 0.462. The number of hydrogen-bond donors (Lipinski definition) is 0. The highest BCUT2D eigenvalue weighted by atomic mass is 16.5. The van der Waals surface area contributed by atoms with Crippen LogP contribution in [-0.2, 0) is 12.8 Å². The third kappa shape index (κ3) is 6.51. The molecule has 0 atom stereocenters. The second kappa shape index (κ2) is 11.0. The van der Waals surface area contributed by atoms with E-state index in [9.17, 15) is 4.79 Å². The van der Waals surface area contributed by atoms with Gasteiger partial charge in [0.1, 0.15) is 5.75 Å². The van der Waals surface area contributed by atoms with Crippen LogP contribution in [0.3, 0.4) is 0 Å². The molecule has 0 heterocycles. The quantitative estimate of drug-likeness (QED) is 0.268. The fourth-order valence-electron chi connectivity index (χ4n) is 3.93. The monoisotopic (exact) mass is 377 g/mol. The van der Waals surface area contributed by atoms with Crippen molar-refractivity contribution in [1.82, 2.24) is 0 Å². The van der Waals surface area contributed by atoms with Crippen molar-refractivity contribution in [3.05, 3.63) is 71.6 Å². The smallest absolute Gasteiger partial charge is 0.343 e. The zero-order valence-corrected chi connectivity index (χ0v) is 17.2. The maximum absolute atomic E-state index is 12.4. The minimum Gasteiger partial charge on any atom is -0.423 e. The van der Waals surface area contributed by atoms with Crippen molar-refractivity contribution in [3.63, 3.8) is 0 Å². The first-order chi connectivity index (χ1) is 13.7. The number of ether oxygens (including phenoxy) is 1. The first kappa shape index (κ1) is 20.6. The minimum atomic E-state index is -0.286. The van der Waals surface area contributed by atoms with Crippen molar-refractivity contribution in [2.75, 3.05) is 0 Å². The van der Waals surface area contributed by atoms with Crippen molar-refractivity contribution in [2.24, 2.45) is 5.92 Å². The molecule has 2 heteroatoms. The molecular weight excluding hydrogens is 344 g/mol. The van der Waals surface area contributed by atoms with Crippen LogP contribution in [0, 0.1) is 12.3 Å². The molecule has 2 aromatic rings. The molecule has 0 saturated heterocycles. The molecule has 2 aromatic carbocycles. The Kier molecular flexibility index (Phi) is 8.14. The largest absolute Gasteiger partial charge is 0.423 e. The maximum atomic E-state index is 12.4. The summed E-state index contributed by atoms with van der Waals surface area (Å²) in [7, 11) is 0. The Labute approximate surface area is 170 Å². The van der Waals surface area contributed by atoms with Gasteiger partial charge >= 0.3 is 5.97 Å². The van der Waals surface area contributed by atoms with Gasteiger partial charge in [0, 0.05) is 0 Å². The molecule has 1 aliphatic rings. The summed E-state index contributed by atoms with van der Waals surface area (Å²) in [5.74, 6) is 1.20. The summed E-state index contributed by atoms with van der Waals surface area (Å²) in [5, 5.41) is 0. The van der Waals surface area contributed by atoms with E-state index < -0.39 is 0 Å². The van der Waals surface area contributed by atoms with Crippen LogP contribution >= 0.6 is 0 Å². The summed E-state index contributed by atoms with van der Waals surface area (Å²) < 4.78 is 5.55. The fourth-order valence-corrected chi connectivity index (χ4v) is 3.93. The van der Waals surface area contributed by atoms with Crippen LogP contribution in [-0.4, -0.2) is 5.97 Å². The zero-order valence-electron chi connectivity index (χ0n) is 17.2. The van der Waals surface area contributed by atoms with Crippen LogP contribution in [0.4, 0.5) is 0 Å². The third-order valence-corrected chi connectivity index (χ3v) is 5.79. The van der Waals surface area contributed by atoms with Gasteiger partial charge in [0.2, 0.25) is 0 Å². The summed E-state index contributed by atoms with van der Waals surface area (Å²) in [6, 6.07) is 15.8. The molecule has 3 rings (SSSR count). The van der Waals surface area contributed by atoms with Gasteiger partial charge < -0.3 is 4.74 Å². The normalized spacial score (nSPS) is 14.8. The Morgan fingerprint density at radius 3 is 2.21 bits per heavy atom. The van der Waals surface area contributed by atoms with Gasteiger partial charge in [0.25, 0.3) is 0 Å². The molecule has 1 aliphatic carbocycles. The number of unbranched alkanes of at least 4 members (excludes halogenated alkanes) is 2. The maximum Gasteiger partial charge on any atom is 0.343 e. The van der Waals surface area contributed by atoms with E-state index in [0.29, 0.717) is 11.3 Å². The van der Waals surface area contributed by atoms with Gasteiger partial charge in [0.05, 0.1) is 5.56 Å². The average molecular weight is 378 g/mol. The molecule has 0 unspecified atom stereocenters. The summed E-state index contributed by atoms with van der Waals surface area (Å²) in [5.41, 5.74) is 3.22. The average Bonchev–Trinajstić information content (AvgIpc) is 2.75. The predicted molar refractivity (Wildman–Crippen MR) is 116 cm³/mol. The lowest BCUT2D eigenvalue weighted by molar-refractivity contribution is 0.0734. The molecule has 149 valence electrons. The Bertz CT molecular complexity index is 709. The van der Waals surface area contributed by atoms with Gasteiger partial charge in [-0.25, -0.2) is 4.79 Å².